The van der Waals surface area contributed by atoms with Crippen molar-refractivity contribution in [2.75, 3.05) is 26.2 Å². The van der Waals surface area contributed by atoms with E-state index in [1.807, 2.05) is 18.2 Å². The molecule has 3 heteroatoms. The van der Waals surface area contributed by atoms with Crippen LogP contribution in [0.4, 0.5) is 0 Å². The van der Waals surface area contributed by atoms with Crippen LogP contribution < -0.4 is 5.32 Å². The van der Waals surface area contributed by atoms with Crippen molar-refractivity contribution in [1.82, 2.24) is 10.2 Å². The van der Waals surface area contributed by atoms with Crippen molar-refractivity contribution in [3.05, 3.63) is 60.1 Å². The summed E-state index contributed by atoms with van der Waals surface area (Å²) in [5.41, 5.74) is 1.25. The van der Waals surface area contributed by atoms with Crippen molar-refractivity contribution in [3.63, 3.8) is 0 Å². The molecule has 21 heavy (non-hydrogen) atoms. The predicted molar refractivity (Wildman–Crippen MR) is 87.4 cm³/mol. The molecule has 1 atom stereocenters. The fraction of sp³-hybridized carbons (Fsp3) is 0.444. The lowest BCUT2D eigenvalue weighted by Crippen LogP contribution is -2.29. The summed E-state index contributed by atoms with van der Waals surface area (Å²) in [7, 11) is 0. The Hall–Kier alpha value is -1.58. The van der Waals surface area contributed by atoms with Crippen LogP contribution in [0.15, 0.2) is 53.1 Å². The van der Waals surface area contributed by atoms with Crippen LogP contribution in [0.3, 0.4) is 0 Å². The standard InChI is InChI=1S/C18H26N2O/c1-3-20(4-2)14-9-13-19-18(17-12-8-15-21-17)16-10-6-5-7-11-16/h5-8,10-12,15,18-19H,3-4,9,13-14H2,1-2H3. The van der Waals surface area contributed by atoms with Gasteiger partial charge < -0.3 is 14.6 Å². The maximum atomic E-state index is 5.60. The third-order valence-electron chi connectivity index (χ3n) is 3.85. The Morgan fingerprint density at radius 1 is 1.05 bits per heavy atom. The molecule has 0 saturated heterocycles. The number of nitrogens with zero attached hydrogens (tertiary/aromatic N) is 1. The molecule has 1 heterocycles. The van der Waals surface area contributed by atoms with Gasteiger partial charge in [-0.15, -0.1) is 0 Å². The van der Waals surface area contributed by atoms with Crippen molar-refractivity contribution >= 4 is 0 Å². The summed E-state index contributed by atoms with van der Waals surface area (Å²) < 4.78 is 5.60. The molecule has 0 bridgehead atoms. The van der Waals surface area contributed by atoms with Gasteiger partial charge in [-0.3, -0.25) is 0 Å². The molecular formula is C18H26N2O. The fourth-order valence-corrected chi connectivity index (χ4v) is 2.57. The fourth-order valence-electron chi connectivity index (χ4n) is 2.57. The van der Waals surface area contributed by atoms with Gasteiger partial charge in [0.05, 0.1) is 12.3 Å². The number of furan rings is 1. The smallest absolute Gasteiger partial charge is 0.125 e. The maximum absolute atomic E-state index is 5.60. The SMILES string of the molecule is CCN(CC)CCCNC(c1ccccc1)c1ccco1. The van der Waals surface area contributed by atoms with Gasteiger partial charge in [-0.2, -0.15) is 0 Å². The topological polar surface area (TPSA) is 28.4 Å². The maximum Gasteiger partial charge on any atom is 0.125 e. The molecule has 1 aromatic heterocycles. The molecule has 0 fully saturated rings. The summed E-state index contributed by atoms with van der Waals surface area (Å²) in [5.74, 6) is 0.976. The lowest BCUT2D eigenvalue weighted by Gasteiger charge is -2.20. The Balaban J connectivity index is 1.92. The minimum absolute atomic E-state index is 0.137. The van der Waals surface area contributed by atoms with Crippen LogP contribution in [0, 0.1) is 0 Å². The molecule has 1 N–H and O–H groups in total. The van der Waals surface area contributed by atoms with Gasteiger partial charge in [-0.1, -0.05) is 44.2 Å². The summed E-state index contributed by atoms with van der Waals surface area (Å²) in [5, 5.41) is 3.62. The van der Waals surface area contributed by atoms with E-state index >= 15 is 0 Å². The number of benzene rings is 1. The molecule has 2 rings (SSSR count). The third-order valence-corrected chi connectivity index (χ3v) is 3.85. The molecule has 0 saturated carbocycles. The van der Waals surface area contributed by atoms with Gasteiger partial charge in [0.1, 0.15) is 5.76 Å². The molecule has 0 aliphatic rings. The summed E-state index contributed by atoms with van der Waals surface area (Å²) in [6.07, 6.45) is 2.88. The van der Waals surface area contributed by atoms with E-state index in [1.165, 1.54) is 5.56 Å². The van der Waals surface area contributed by atoms with Crippen molar-refractivity contribution < 1.29 is 4.42 Å². The van der Waals surface area contributed by atoms with E-state index < -0.39 is 0 Å². The van der Waals surface area contributed by atoms with E-state index in [9.17, 15) is 0 Å². The molecule has 0 aliphatic carbocycles. The zero-order valence-corrected chi connectivity index (χ0v) is 13.1. The van der Waals surface area contributed by atoms with Gasteiger partial charge >= 0.3 is 0 Å². The van der Waals surface area contributed by atoms with Gasteiger partial charge in [0, 0.05) is 0 Å². The third kappa shape index (κ3) is 4.73. The number of hydrogen-bond acceptors (Lipinski definition) is 3. The van der Waals surface area contributed by atoms with Crippen LogP contribution in [-0.2, 0) is 0 Å². The highest BCUT2D eigenvalue weighted by molar-refractivity contribution is 5.26. The minimum atomic E-state index is 0.137. The highest BCUT2D eigenvalue weighted by atomic mass is 16.3. The highest BCUT2D eigenvalue weighted by Gasteiger charge is 2.15. The van der Waals surface area contributed by atoms with Gasteiger partial charge in [-0.25, -0.2) is 0 Å². The predicted octanol–water partition coefficient (Wildman–Crippen LogP) is 3.69. The minimum Gasteiger partial charge on any atom is -0.467 e. The Morgan fingerprint density at radius 2 is 1.81 bits per heavy atom. The molecule has 0 amide bonds. The zero-order valence-electron chi connectivity index (χ0n) is 13.1. The molecule has 3 nitrogen and oxygen atoms in total. The molecule has 0 aliphatic heterocycles. The summed E-state index contributed by atoms with van der Waals surface area (Å²) in [6.45, 7) is 8.79. The van der Waals surface area contributed by atoms with Gasteiger partial charge in [0.15, 0.2) is 0 Å². The Kier molecular flexibility index (Phi) is 6.51. The van der Waals surface area contributed by atoms with Crippen molar-refractivity contribution in [1.29, 1.82) is 0 Å². The van der Waals surface area contributed by atoms with Gasteiger partial charge in [-0.05, 0) is 50.3 Å². The summed E-state index contributed by atoms with van der Waals surface area (Å²) in [6, 6.07) is 14.6. The molecule has 1 unspecified atom stereocenters. The van der Waals surface area contributed by atoms with Gasteiger partial charge in [0.2, 0.25) is 0 Å². The van der Waals surface area contributed by atoms with E-state index in [0.717, 1.165) is 38.4 Å². The van der Waals surface area contributed by atoms with E-state index in [0.29, 0.717) is 0 Å². The quantitative estimate of drug-likeness (QED) is 0.713. The first-order chi connectivity index (χ1) is 10.3. The van der Waals surface area contributed by atoms with E-state index in [1.54, 1.807) is 6.26 Å². The van der Waals surface area contributed by atoms with Crippen molar-refractivity contribution in [2.24, 2.45) is 0 Å². The van der Waals surface area contributed by atoms with Crippen molar-refractivity contribution in [2.45, 2.75) is 26.3 Å². The number of rotatable bonds is 9. The summed E-state index contributed by atoms with van der Waals surface area (Å²) in [4.78, 5) is 2.45. The van der Waals surface area contributed by atoms with Crippen LogP contribution >= 0.6 is 0 Å². The van der Waals surface area contributed by atoms with Crippen LogP contribution in [0.25, 0.3) is 0 Å². The first-order valence-electron chi connectivity index (χ1n) is 7.89. The molecule has 114 valence electrons. The lowest BCUT2D eigenvalue weighted by molar-refractivity contribution is 0.295. The Bertz CT molecular complexity index is 477. The second kappa shape index (κ2) is 8.65. The largest absolute Gasteiger partial charge is 0.467 e. The van der Waals surface area contributed by atoms with Crippen LogP contribution in [0.5, 0.6) is 0 Å². The molecule has 0 radical (unpaired) electrons. The first kappa shape index (κ1) is 15.8. The normalized spacial score (nSPS) is 12.7. The van der Waals surface area contributed by atoms with E-state index in [4.69, 9.17) is 4.42 Å². The van der Waals surface area contributed by atoms with Crippen molar-refractivity contribution in [3.8, 4) is 0 Å². The highest BCUT2D eigenvalue weighted by Crippen LogP contribution is 2.22. The first-order valence-corrected chi connectivity index (χ1v) is 7.89. The Labute approximate surface area is 128 Å². The molecule has 2 aromatic rings. The molecule has 0 spiro atoms. The Morgan fingerprint density at radius 3 is 2.43 bits per heavy atom. The molecular weight excluding hydrogens is 260 g/mol. The lowest BCUT2D eigenvalue weighted by atomic mass is 10.0. The zero-order chi connectivity index (χ0) is 14.9. The molecule has 1 aromatic carbocycles. The average molecular weight is 286 g/mol. The van der Waals surface area contributed by atoms with E-state index in [-0.39, 0.29) is 6.04 Å². The van der Waals surface area contributed by atoms with Gasteiger partial charge in [0.25, 0.3) is 0 Å². The number of hydrogen-bond donors (Lipinski definition) is 1. The number of nitrogens with one attached hydrogen (secondary N) is 1. The van der Waals surface area contributed by atoms with E-state index in [2.05, 4.69) is 48.3 Å². The van der Waals surface area contributed by atoms with Crippen LogP contribution in [0.2, 0.25) is 0 Å². The monoisotopic (exact) mass is 286 g/mol. The van der Waals surface area contributed by atoms with Crippen LogP contribution in [-0.4, -0.2) is 31.1 Å². The summed E-state index contributed by atoms with van der Waals surface area (Å²) >= 11 is 0. The second-order valence-electron chi connectivity index (χ2n) is 5.19. The average Bonchev–Trinajstić information content (AvgIpc) is 3.06. The second-order valence-corrected chi connectivity index (χ2v) is 5.19. The van der Waals surface area contributed by atoms with Crippen LogP contribution in [0.1, 0.15) is 37.6 Å².